The standard InChI is InChI=1S/C8H18O.C3H6O/c1-7(2,3)9-8(4,5)6;1-2-3-4/h1-6H3;2,4H,1,3H2. The summed E-state index contributed by atoms with van der Waals surface area (Å²) < 4.78 is 5.62. The maximum Gasteiger partial charge on any atom is 0.0609 e. The van der Waals surface area contributed by atoms with Gasteiger partial charge in [-0.15, -0.1) is 6.58 Å². The fourth-order valence-corrected chi connectivity index (χ4v) is 0.919. The zero-order chi connectivity index (χ0) is 11.1. The van der Waals surface area contributed by atoms with Crippen molar-refractivity contribution in [2.45, 2.75) is 52.7 Å². The number of hydrogen-bond donors (Lipinski definition) is 1. The third-order valence-electron chi connectivity index (χ3n) is 0.741. The van der Waals surface area contributed by atoms with Gasteiger partial charge in [-0.05, 0) is 41.5 Å². The second-order valence-electron chi connectivity index (χ2n) is 4.80. The van der Waals surface area contributed by atoms with Crippen molar-refractivity contribution in [3.8, 4) is 0 Å². The van der Waals surface area contributed by atoms with Crippen LogP contribution < -0.4 is 0 Å². The van der Waals surface area contributed by atoms with Crippen LogP contribution in [-0.4, -0.2) is 22.9 Å². The lowest BCUT2D eigenvalue weighted by atomic mass is 10.1. The number of aliphatic hydroxyl groups is 1. The summed E-state index contributed by atoms with van der Waals surface area (Å²) in [6.07, 6.45) is 1.43. The quantitative estimate of drug-likeness (QED) is 0.641. The molecule has 2 heteroatoms. The van der Waals surface area contributed by atoms with E-state index in [4.69, 9.17) is 9.84 Å². The molecule has 0 aliphatic rings. The molecule has 0 aromatic carbocycles. The van der Waals surface area contributed by atoms with Gasteiger partial charge in [0, 0.05) is 0 Å². The van der Waals surface area contributed by atoms with Crippen molar-refractivity contribution in [2.75, 3.05) is 6.61 Å². The number of rotatable bonds is 1. The lowest BCUT2D eigenvalue weighted by molar-refractivity contribution is -0.102. The number of ether oxygens (including phenoxy) is 1. The lowest BCUT2D eigenvalue weighted by Gasteiger charge is -2.30. The smallest absolute Gasteiger partial charge is 0.0609 e. The van der Waals surface area contributed by atoms with Crippen LogP contribution in [0.25, 0.3) is 0 Å². The van der Waals surface area contributed by atoms with Crippen molar-refractivity contribution in [2.24, 2.45) is 0 Å². The first-order valence-corrected chi connectivity index (χ1v) is 4.54. The summed E-state index contributed by atoms with van der Waals surface area (Å²) in [6.45, 7) is 15.7. The Hall–Kier alpha value is -0.340. The summed E-state index contributed by atoms with van der Waals surface area (Å²) >= 11 is 0. The van der Waals surface area contributed by atoms with Gasteiger partial charge in [0.15, 0.2) is 0 Å². The summed E-state index contributed by atoms with van der Waals surface area (Å²) in [5.74, 6) is 0. The summed E-state index contributed by atoms with van der Waals surface area (Å²) in [5.41, 5.74) is -0.0312. The van der Waals surface area contributed by atoms with Crippen LogP contribution in [0.3, 0.4) is 0 Å². The zero-order valence-electron chi connectivity index (χ0n) is 9.85. The van der Waals surface area contributed by atoms with Crippen molar-refractivity contribution < 1.29 is 9.84 Å². The second kappa shape index (κ2) is 6.17. The molecule has 0 saturated carbocycles. The molecule has 0 aliphatic heterocycles. The third-order valence-corrected chi connectivity index (χ3v) is 0.741. The maximum absolute atomic E-state index is 7.76. The Bertz CT molecular complexity index is 114. The largest absolute Gasteiger partial charge is 0.392 e. The van der Waals surface area contributed by atoms with E-state index in [2.05, 4.69) is 48.1 Å². The first-order chi connectivity index (χ1) is 5.62. The molecular weight excluding hydrogens is 164 g/mol. The van der Waals surface area contributed by atoms with Crippen LogP contribution in [0.5, 0.6) is 0 Å². The first kappa shape index (κ1) is 15.1. The molecule has 2 nitrogen and oxygen atoms in total. The van der Waals surface area contributed by atoms with Crippen LogP contribution in [0.15, 0.2) is 12.7 Å². The maximum atomic E-state index is 7.76. The van der Waals surface area contributed by atoms with Crippen molar-refractivity contribution in [1.82, 2.24) is 0 Å². The molecule has 0 rings (SSSR count). The van der Waals surface area contributed by atoms with E-state index >= 15 is 0 Å². The molecular formula is C11H24O2. The van der Waals surface area contributed by atoms with Crippen molar-refractivity contribution in [3.05, 3.63) is 12.7 Å². The summed E-state index contributed by atoms with van der Waals surface area (Å²) in [4.78, 5) is 0. The van der Waals surface area contributed by atoms with Gasteiger partial charge in [-0.2, -0.15) is 0 Å². The van der Waals surface area contributed by atoms with Gasteiger partial charge in [-0.3, -0.25) is 0 Å². The van der Waals surface area contributed by atoms with E-state index < -0.39 is 0 Å². The van der Waals surface area contributed by atoms with E-state index in [0.717, 1.165) is 0 Å². The third kappa shape index (κ3) is 24.5. The molecule has 0 aliphatic carbocycles. The van der Waals surface area contributed by atoms with Crippen LogP contribution in [0, 0.1) is 0 Å². The molecule has 0 bridgehead atoms. The van der Waals surface area contributed by atoms with Crippen LogP contribution in [0.4, 0.5) is 0 Å². The van der Waals surface area contributed by atoms with E-state index in [1.807, 2.05) is 0 Å². The van der Waals surface area contributed by atoms with E-state index in [0.29, 0.717) is 0 Å². The SMILES string of the molecule is C=CCO.CC(C)(C)OC(C)(C)C. The predicted octanol–water partition coefficient (Wildman–Crippen LogP) is 2.76. The monoisotopic (exact) mass is 188 g/mol. The van der Waals surface area contributed by atoms with Gasteiger partial charge >= 0.3 is 0 Å². The Morgan fingerprint density at radius 2 is 1.31 bits per heavy atom. The Labute approximate surface area is 82.6 Å². The van der Waals surface area contributed by atoms with Crippen LogP contribution >= 0.6 is 0 Å². The summed E-state index contributed by atoms with van der Waals surface area (Å²) in [6, 6.07) is 0. The Morgan fingerprint density at radius 3 is 1.31 bits per heavy atom. The zero-order valence-corrected chi connectivity index (χ0v) is 9.85. The summed E-state index contributed by atoms with van der Waals surface area (Å²) in [7, 11) is 0. The number of hydrogen-bond acceptors (Lipinski definition) is 2. The first-order valence-electron chi connectivity index (χ1n) is 4.54. The van der Waals surface area contributed by atoms with Gasteiger partial charge in [0.05, 0.1) is 17.8 Å². The average Bonchev–Trinajstić information content (AvgIpc) is 1.80. The minimum absolute atomic E-state index is 0.0156. The molecule has 0 radical (unpaired) electrons. The van der Waals surface area contributed by atoms with Crippen LogP contribution in [0.2, 0.25) is 0 Å². The topological polar surface area (TPSA) is 29.5 Å². The van der Waals surface area contributed by atoms with Gasteiger partial charge < -0.3 is 9.84 Å². The highest BCUT2D eigenvalue weighted by Crippen LogP contribution is 2.17. The fraction of sp³-hybridized carbons (Fsp3) is 0.818. The van der Waals surface area contributed by atoms with Gasteiger partial charge in [0.1, 0.15) is 0 Å². The van der Waals surface area contributed by atoms with Crippen molar-refractivity contribution in [3.63, 3.8) is 0 Å². The Balaban J connectivity index is 0. The van der Waals surface area contributed by atoms with E-state index in [-0.39, 0.29) is 17.8 Å². The van der Waals surface area contributed by atoms with Crippen LogP contribution in [-0.2, 0) is 4.74 Å². The molecule has 80 valence electrons. The molecule has 1 N–H and O–H groups in total. The molecule has 0 spiro atoms. The fourth-order valence-electron chi connectivity index (χ4n) is 0.919. The predicted molar refractivity (Wildman–Crippen MR) is 57.9 cm³/mol. The van der Waals surface area contributed by atoms with Gasteiger partial charge in [0.25, 0.3) is 0 Å². The molecule has 0 fully saturated rings. The highest BCUT2D eigenvalue weighted by atomic mass is 16.5. The molecule has 0 unspecified atom stereocenters. The molecule has 0 aromatic rings. The highest BCUT2D eigenvalue weighted by molar-refractivity contribution is 4.68. The van der Waals surface area contributed by atoms with E-state index in [9.17, 15) is 0 Å². The Morgan fingerprint density at radius 1 is 1.08 bits per heavy atom. The van der Waals surface area contributed by atoms with Crippen molar-refractivity contribution >= 4 is 0 Å². The normalized spacial score (nSPS) is 11.6. The molecule has 0 atom stereocenters. The van der Waals surface area contributed by atoms with Crippen molar-refractivity contribution in [1.29, 1.82) is 0 Å². The molecule has 0 aromatic heterocycles. The molecule has 0 amide bonds. The minimum atomic E-state index is -0.0156. The Kier molecular flexibility index (Phi) is 7.18. The minimum Gasteiger partial charge on any atom is -0.392 e. The highest BCUT2D eigenvalue weighted by Gasteiger charge is 2.19. The summed E-state index contributed by atoms with van der Waals surface area (Å²) in [5, 5.41) is 7.76. The van der Waals surface area contributed by atoms with Gasteiger partial charge in [-0.1, -0.05) is 6.08 Å². The second-order valence-corrected chi connectivity index (χ2v) is 4.80. The lowest BCUT2D eigenvalue weighted by Crippen LogP contribution is -2.31. The van der Waals surface area contributed by atoms with Gasteiger partial charge in [0.2, 0.25) is 0 Å². The van der Waals surface area contributed by atoms with Gasteiger partial charge in [-0.25, -0.2) is 0 Å². The van der Waals surface area contributed by atoms with E-state index in [1.165, 1.54) is 6.08 Å². The number of aliphatic hydroxyl groups excluding tert-OH is 1. The molecule has 0 heterocycles. The van der Waals surface area contributed by atoms with E-state index in [1.54, 1.807) is 0 Å². The molecule has 13 heavy (non-hydrogen) atoms. The van der Waals surface area contributed by atoms with Crippen LogP contribution in [0.1, 0.15) is 41.5 Å². The average molecular weight is 188 g/mol. The molecule has 0 saturated heterocycles.